The van der Waals surface area contributed by atoms with Crippen molar-refractivity contribution in [2.24, 2.45) is 5.14 Å². The molecule has 0 fully saturated rings. The van der Waals surface area contributed by atoms with Gasteiger partial charge >= 0.3 is 0 Å². The predicted molar refractivity (Wildman–Crippen MR) is 80.4 cm³/mol. The number of benzene rings is 1. The SMILES string of the molecule is NS(=O)(=O)c1ccc(Oc2ccnc3c2ccc(=O)n3F)cc1. The molecule has 3 rings (SSSR count). The number of fused-ring (bicyclic) bond motifs is 1. The third-order valence-corrected chi connectivity index (χ3v) is 4.01. The number of hydrogen-bond donors (Lipinski definition) is 1. The number of aromatic nitrogens is 2. The van der Waals surface area contributed by atoms with E-state index in [1.807, 2.05) is 0 Å². The van der Waals surface area contributed by atoms with E-state index in [0.29, 0.717) is 11.1 Å². The molecule has 0 bridgehead atoms. The van der Waals surface area contributed by atoms with Crippen LogP contribution in [0.1, 0.15) is 0 Å². The molecule has 0 saturated heterocycles. The number of rotatable bonds is 3. The highest BCUT2D eigenvalue weighted by atomic mass is 32.2. The molecule has 0 aliphatic carbocycles. The second-order valence-corrected chi connectivity index (χ2v) is 6.18. The van der Waals surface area contributed by atoms with Crippen molar-refractivity contribution in [1.29, 1.82) is 0 Å². The summed E-state index contributed by atoms with van der Waals surface area (Å²) in [6.07, 6.45) is 1.30. The van der Waals surface area contributed by atoms with Crippen molar-refractivity contribution < 1.29 is 17.6 Å². The van der Waals surface area contributed by atoms with Crippen LogP contribution in [0, 0.1) is 0 Å². The Balaban J connectivity index is 2.02. The zero-order chi connectivity index (χ0) is 16.6. The predicted octanol–water partition coefficient (Wildman–Crippen LogP) is 1.57. The van der Waals surface area contributed by atoms with E-state index in [0.717, 1.165) is 6.07 Å². The summed E-state index contributed by atoms with van der Waals surface area (Å²) in [5.74, 6) is 0.589. The van der Waals surface area contributed by atoms with Crippen LogP contribution in [-0.2, 0) is 10.0 Å². The molecule has 0 radical (unpaired) electrons. The van der Waals surface area contributed by atoms with Crippen LogP contribution in [-0.4, -0.2) is 18.2 Å². The molecule has 7 nitrogen and oxygen atoms in total. The molecule has 23 heavy (non-hydrogen) atoms. The highest BCUT2D eigenvalue weighted by Crippen LogP contribution is 2.28. The number of ether oxygens (including phenoxy) is 1. The van der Waals surface area contributed by atoms with Crippen LogP contribution in [0.25, 0.3) is 11.0 Å². The van der Waals surface area contributed by atoms with E-state index in [1.165, 1.54) is 42.6 Å². The second-order valence-electron chi connectivity index (χ2n) is 4.62. The van der Waals surface area contributed by atoms with Crippen LogP contribution in [0.4, 0.5) is 4.48 Å². The van der Waals surface area contributed by atoms with Gasteiger partial charge in [0.15, 0.2) is 5.65 Å². The first-order chi connectivity index (χ1) is 10.9. The first kappa shape index (κ1) is 15.1. The van der Waals surface area contributed by atoms with Gasteiger partial charge in [0.25, 0.3) is 5.56 Å². The average molecular weight is 335 g/mol. The van der Waals surface area contributed by atoms with Crippen molar-refractivity contribution in [3.05, 3.63) is 59.0 Å². The first-order valence-corrected chi connectivity index (χ1v) is 7.88. The van der Waals surface area contributed by atoms with Crippen LogP contribution in [0.15, 0.2) is 58.4 Å². The molecule has 2 N–H and O–H groups in total. The highest BCUT2D eigenvalue weighted by Gasteiger charge is 2.11. The molecule has 2 heterocycles. The lowest BCUT2D eigenvalue weighted by Crippen LogP contribution is -2.13. The smallest absolute Gasteiger partial charge is 0.280 e. The third-order valence-electron chi connectivity index (χ3n) is 3.08. The zero-order valence-corrected chi connectivity index (χ0v) is 12.3. The molecule has 118 valence electrons. The summed E-state index contributed by atoms with van der Waals surface area (Å²) in [4.78, 5) is 14.9. The van der Waals surface area contributed by atoms with Crippen LogP contribution >= 0.6 is 0 Å². The summed E-state index contributed by atoms with van der Waals surface area (Å²) < 4.78 is 41.7. The van der Waals surface area contributed by atoms with Gasteiger partial charge in [0.05, 0.1) is 10.3 Å². The fraction of sp³-hybridized carbons (Fsp3) is 0. The van der Waals surface area contributed by atoms with E-state index in [-0.39, 0.29) is 21.1 Å². The Hall–Kier alpha value is -2.78. The molecule has 9 heteroatoms. The van der Waals surface area contributed by atoms with Gasteiger partial charge in [0.1, 0.15) is 11.5 Å². The maximum Gasteiger partial charge on any atom is 0.280 e. The Labute approximate surface area is 129 Å². The molecule has 0 aliphatic heterocycles. The zero-order valence-electron chi connectivity index (χ0n) is 11.5. The topological polar surface area (TPSA) is 104 Å². The summed E-state index contributed by atoms with van der Waals surface area (Å²) in [6.45, 7) is 0. The van der Waals surface area contributed by atoms with Crippen molar-refractivity contribution in [3.8, 4) is 11.5 Å². The molecular weight excluding hydrogens is 325 g/mol. The van der Waals surface area contributed by atoms with Crippen molar-refractivity contribution >= 4 is 21.1 Å². The van der Waals surface area contributed by atoms with E-state index in [9.17, 15) is 17.7 Å². The Morgan fingerprint density at radius 2 is 1.78 bits per heavy atom. The van der Waals surface area contributed by atoms with Gasteiger partial charge in [0.2, 0.25) is 10.0 Å². The summed E-state index contributed by atoms with van der Waals surface area (Å²) in [7, 11) is -3.79. The van der Waals surface area contributed by atoms with E-state index in [1.54, 1.807) is 0 Å². The van der Waals surface area contributed by atoms with Crippen LogP contribution in [0.3, 0.4) is 0 Å². The molecular formula is C14H10FN3O4S. The number of sulfonamides is 1. The molecule has 0 atom stereocenters. The molecule has 1 aromatic carbocycles. The fourth-order valence-electron chi connectivity index (χ4n) is 2.00. The van der Waals surface area contributed by atoms with Gasteiger partial charge in [0, 0.05) is 12.3 Å². The Kier molecular flexibility index (Phi) is 3.58. The summed E-state index contributed by atoms with van der Waals surface area (Å²) in [5.41, 5.74) is -1.00. The van der Waals surface area contributed by atoms with Crippen molar-refractivity contribution in [1.82, 2.24) is 9.77 Å². The number of nitrogens with zero attached hydrogens (tertiary/aromatic N) is 2. The molecule has 0 aliphatic rings. The Bertz CT molecular complexity index is 1050. The number of pyridine rings is 2. The van der Waals surface area contributed by atoms with Crippen LogP contribution in [0.5, 0.6) is 11.5 Å². The Morgan fingerprint density at radius 3 is 2.43 bits per heavy atom. The summed E-state index contributed by atoms with van der Waals surface area (Å²) in [5, 5.41) is 5.31. The van der Waals surface area contributed by atoms with E-state index in [4.69, 9.17) is 9.88 Å². The number of halogens is 1. The minimum atomic E-state index is -3.79. The van der Waals surface area contributed by atoms with Gasteiger partial charge in [-0.2, -0.15) is 0 Å². The quantitative estimate of drug-likeness (QED) is 0.782. The number of hydrogen-bond acceptors (Lipinski definition) is 5. The van der Waals surface area contributed by atoms with Gasteiger partial charge < -0.3 is 4.74 Å². The van der Waals surface area contributed by atoms with Crippen LogP contribution in [0.2, 0.25) is 0 Å². The van der Waals surface area contributed by atoms with Gasteiger partial charge in [-0.3, -0.25) is 4.79 Å². The Morgan fingerprint density at radius 1 is 1.09 bits per heavy atom. The molecule has 0 unspecified atom stereocenters. The number of nitrogens with two attached hydrogens (primary N) is 1. The monoisotopic (exact) mass is 335 g/mol. The lowest BCUT2D eigenvalue weighted by molar-refractivity contribution is 0.367. The first-order valence-electron chi connectivity index (χ1n) is 6.34. The minimum Gasteiger partial charge on any atom is -0.457 e. The summed E-state index contributed by atoms with van der Waals surface area (Å²) >= 11 is 0. The average Bonchev–Trinajstić information content (AvgIpc) is 2.51. The largest absolute Gasteiger partial charge is 0.457 e. The van der Waals surface area contributed by atoms with E-state index in [2.05, 4.69) is 4.98 Å². The lowest BCUT2D eigenvalue weighted by atomic mass is 10.2. The fourth-order valence-corrected chi connectivity index (χ4v) is 2.51. The number of primary sulfonamides is 1. The minimum absolute atomic E-state index is 0.0537. The highest BCUT2D eigenvalue weighted by molar-refractivity contribution is 7.89. The van der Waals surface area contributed by atoms with E-state index < -0.39 is 15.6 Å². The molecule has 3 aromatic rings. The van der Waals surface area contributed by atoms with Crippen molar-refractivity contribution in [2.75, 3.05) is 0 Å². The van der Waals surface area contributed by atoms with Crippen molar-refractivity contribution in [2.45, 2.75) is 4.90 Å². The normalized spacial score (nSPS) is 11.6. The maximum absolute atomic E-state index is 13.7. The van der Waals surface area contributed by atoms with Gasteiger partial charge in [-0.1, -0.05) is 4.48 Å². The standard InChI is InChI=1S/C14H10FN3O4S/c15-18-13(19)6-5-11-12(7-8-17-14(11)18)22-9-1-3-10(4-2-9)23(16,20)21/h1-8H,(H2,16,20,21). The maximum atomic E-state index is 13.7. The third kappa shape index (κ3) is 2.91. The molecule has 0 saturated carbocycles. The lowest BCUT2D eigenvalue weighted by Gasteiger charge is -2.09. The molecule has 2 aromatic heterocycles. The van der Waals surface area contributed by atoms with Gasteiger partial charge in [-0.05, 0) is 36.4 Å². The molecule has 0 amide bonds. The van der Waals surface area contributed by atoms with Gasteiger partial charge in [-0.25, -0.2) is 18.5 Å². The summed E-state index contributed by atoms with van der Waals surface area (Å²) in [6, 6.07) is 9.36. The second kappa shape index (κ2) is 5.45. The van der Waals surface area contributed by atoms with E-state index >= 15 is 0 Å². The molecule has 0 spiro atoms. The van der Waals surface area contributed by atoms with Gasteiger partial charge in [-0.15, -0.1) is 4.79 Å². The van der Waals surface area contributed by atoms with Crippen LogP contribution < -0.4 is 15.4 Å². The van der Waals surface area contributed by atoms with Crippen molar-refractivity contribution in [3.63, 3.8) is 0 Å².